The molecule has 0 saturated carbocycles. The number of hydrogen-bond donors (Lipinski definition) is 2. The maximum atomic E-state index is 4.47. The molecule has 2 heterocycles. The van der Waals surface area contributed by atoms with Crippen LogP contribution in [0.3, 0.4) is 0 Å². The first kappa shape index (κ1) is 23.0. The van der Waals surface area contributed by atoms with E-state index in [9.17, 15) is 0 Å². The number of rotatable bonds is 6. The zero-order valence-corrected chi connectivity index (χ0v) is 19.4. The zero-order chi connectivity index (χ0) is 17.7. The lowest BCUT2D eigenvalue weighted by Crippen LogP contribution is -2.51. The molecule has 0 aromatic carbocycles. The van der Waals surface area contributed by atoms with Gasteiger partial charge < -0.3 is 10.6 Å². The van der Waals surface area contributed by atoms with Crippen LogP contribution in [0, 0.1) is 11.8 Å². The van der Waals surface area contributed by atoms with Crippen LogP contribution in [-0.4, -0.2) is 73.7 Å². The van der Waals surface area contributed by atoms with Gasteiger partial charge in [-0.15, -0.1) is 24.0 Å². The number of nitrogens with zero attached hydrogens (tertiary/aromatic N) is 3. The first-order valence-electron chi connectivity index (χ1n) is 9.87. The fourth-order valence-electron chi connectivity index (χ4n) is 4.04. The fraction of sp³-hybridized carbons (Fsp3) is 0.947. The highest BCUT2D eigenvalue weighted by molar-refractivity contribution is 14.0. The highest BCUT2D eigenvalue weighted by Crippen LogP contribution is 2.19. The first-order valence-corrected chi connectivity index (χ1v) is 9.87. The molecule has 0 aromatic rings. The number of halogens is 1. The van der Waals surface area contributed by atoms with Crippen LogP contribution in [0.2, 0.25) is 0 Å². The molecule has 2 rings (SSSR count). The molecule has 2 fully saturated rings. The second-order valence-electron chi connectivity index (χ2n) is 8.28. The SMILES string of the molecule is CN=C(NCC(C(C)C)N1CCCC1)NC1CN(C(C)C)CC1C.I. The van der Waals surface area contributed by atoms with Crippen LogP contribution in [0.15, 0.2) is 4.99 Å². The molecule has 0 amide bonds. The molecule has 2 aliphatic heterocycles. The standard InChI is InChI=1S/C19H39N5.HI/c1-14(2)18(23-9-7-8-10-23)11-21-19(20-6)22-17-13-24(15(3)4)12-16(17)5;/h14-18H,7-13H2,1-6H3,(H2,20,21,22);1H. The van der Waals surface area contributed by atoms with Gasteiger partial charge in [0.1, 0.15) is 0 Å². The van der Waals surface area contributed by atoms with Gasteiger partial charge in [-0.05, 0) is 51.6 Å². The lowest BCUT2D eigenvalue weighted by Gasteiger charge is -2.32. The van der Waals surface area contributed by atoms with Gasteiger partial charge in [0, 0.05) is 44.8 Å². The van der Waals surface area contributed by atoms with Crippen LogP contribution in [0.25, 0.3) is 0 Å². The van der Waals surface area contributed by atoms with Crippen molar-refractivity contribution in [3.8, 4) is 0 Å². The van der Waals surface area contributed by atoms with Crippen molar-refractivity contribution in [2.75, 3.05) is 39.8 Å². The molecule has 3 unspecified atom stereocenters. The van der Waals surface area contributed by atoms with Gasteiger partial charge in [-0.1, -0.05) is 20.8 Å². The summed E-state index contributed by atoms with van der Waals surface area (Å²) in [6.07, 6.45) is 2.70. The van der Waals surface area contributed by atoms with E-state index in [0.29, 0.717) is 30.0 Å². The molecule has 2 saturated heterocycles. The van der Waals surface area contributed by atoms with Crippen LogP contribution >= 0.6 is 24.0 Å². The average Bonchev–Trinajstić information content (AvgIpc) is 3.16. The molecule has 0 spiro atoms. The van der Waals surface area contributed by atoms with Gasteiger partial charge in [-0.2, -0.15) is 0 Å². The fourth-order valence-corrected chi connectivity index (χ4v) is 4.04. The molecule has 6 heteroatoms. The number of aliphatic imine (C=N–C) groups is 1. The van der Waals surface area contributed by atoms with Crippen LogP contribution in [0.5, 0.6) is 0 Å². The molecule has 2 aliphatic rings. The summed E-state index contributed by atoms with van der Waals surface area (Å²) in [5.41, 5.74) is 0. The van der Waals surface area contributed by atoms with Gasteiger partial charge in [0.05, 0.1) is 0 Å². The molecule has 0 bridgehead atoms. The van der Waals surface area contributed by atoms with E-state index in [4.69, 9.17) is 0 Å². The van der Waals surface area contributed by atoms with E-state index < -0.39 is 0 Å². The minimum Gasteiger partial charge on any atom is -0.355 e. The minimum absolute atomic E-state index is 0. The van der Waals surface area contributed by atoms with E-state index in [-0.39, 0.29) is 24.0 Å². The number of guanidine groups is 1. The molecule has 2 N–H and O–H groups in total. The molecule has 148 valence electrons. The van der Waals surface area contributed by atoms with Crippen molar-refractivity contribution in [3.63, 3.8) is 0 Å². The largest absolute Gasteiger partial charge is 0.355 e. The Morgan fingerprint density at radius 3 is 2.20 bits per heavy atom. The van der Waals surface area contributed by atoms with Gasteiger partial charge in [-0.3, -0.25) is 14.8 Å². The topological polar surface area (TPSA) is 42.9 Å². The number of nitrogens with one attached hydrogen (secondary N) is 2. The summed E-state index contributed by atoms with van der Waals surface area (Å²) in [5.74, 6) is 2.28. The zero-order valence-electron chi connectivity index (χ0n) is 17.1. The van der Waals surface area contributed by atoms with E-state index in [0.717, 1.165) is 19.0 Å². The highest BCUT2D eigenvalue weighted by atomic mass is 127. The van der Waals surface area contributed by atoms with Gasteiger partial charge in [0.25, 0.3) is 0 Å². The van der Waals surface area contributed by atoms with Crippen molar-refractivity contribution >= 4 is 29.9 Å². The Labute approximate surface area is 172 Å². The highest BCUT2D eigenvalue weighted by Gasteiger charge is 2.31. The second kappa shape index (κ2) is 10.9. The minimum atomic E-state index is 0. The van der Waals surface area contributed by atoms with Crippen LogP contribution in [0.4, 0.5) is 0 Å². The Hall–Kier alpha value is -0.0800. The van der Waals surface area contributed by atoms with Gasteiger partial charge >= 0.3 is 0 Å². The van der Waals surface area contributed by atoms with Crippen molar-refractivity contribution in [2.45, 2.75) is 65.6 Å². The second-order valence-corrected chi connectivity index (χ2v) is 8.28. The molecule has 25 heavy (non-hydrogen) atoms. The summed E-state index contributed by atoms with van der Waals surface area (Å²) in [4.78, 5) is 9.67. The molecule has 5 nitrogen and oxygen atoms in total. The maximum absolute atomic E-state index is 4.47. The first-order chi connectivity index (χ1) is 11.4. The van der Waals surface area contributed by atoms with Gasteiger partial charge in [0.15, 0.2) is 5.96 Å². The van der Waals surface area contributed by atoms with Crippen molar-refractivity contribution in [1.82, 2.24) is 20.4 Å². The summed E-state index contributed by atoms with van der Waals surface area (Å²) in [7, 11) is 1.88. The molecule has 0 aromatic heterocycles. The molecular weight excluding hydrogens is 425 g/mol. The monoisotopic (exact) mass is 465 g/mol. The predicted molar refractivity (Wildman–Crippen MR) is 119 cm³/mol. The van der Waals surface area contributed by atoms with Crippen molar-refractivity contribution in [1.29, 1.82) is 0 Å². The number of likely N-dealkylation sites (tertiary alicyclic amines) is 2. The average molecular weight is 465 g/mol. The Morgan fingerprint density at radius 2 is 1.72 bits per heavy atom. The van der Waals surface area contributed by atoms with E-state index in [1.54, 1.807) is 0 Å². The Kier molecular flexibility index (Phi) is 10.0. The van der Waals surface area contributed by atoms with E-state index >= 15 is 0 Å². The van der Waals surface area contributed by atoms with Gasteiger partial charge in [-0.25, -0.2) is 0 Å². The van der Waals surface area contributed by atoms with E-state index in [1.807, 2.05) is 7.05 Å². The number of hydrogen-bond acceptors (Lipinski definition) is 3. The predicted octanol–water partition coefficient (Wildman–Crippen LogP) is 2.62. The molecular formula is C19H40IN5. The summed E-state index contributed by atoms with van der Waals surface area (Å²) in [6, 6.07) is 1.71. The summed E-state index contributed by atoms with van der Waals surface area (Å²) in [6.45, 7) is 17.3. The third kappa shape index (κ3) is 6.54. The normalized spacial score (nSPS) is 27.0. The molecule has 0 radical (unpaired) electrons. The van der Waals surface area contributed by atoms with Crippen LogP contribution in [0.1, 0.15) is 47.5 Å². The van der Waals surface area contributed by atoms with Crippen molar-refractivity contribution < 1.29 is 0 Å². The van der Waals surface area contributed by atoms with E-state index in [2.05, 4.69) is 60.0 Å². The summed E-state index contributed by atoms with van der Waals surface area (Å²) < 4.78 is 0. The lowest BCUT2D eigenvalue weighted by molar-refractivity contribution is 0.192. The van der Waals surface area contributed by atoms with Crippen molar-refractivity contribution in [2.24, 2.45) is 16.8 Å². The molecule has 3 atom stereocenters. The summed E-state index contributed by atoms with van der Waals surface area (Å²) in [5, 5.41) is 7.26. The van der Waals surface area contributed by atoms with E-state index in [1.165, 1.54) is 32.5 Å². The molecule has 0 aliphatic carbocycles. The van der Waals surface area contributed by atoms with Crippen molar-refractivity contribution in [3.05, 3.63) is 0 Å². The summed E-state index contributed by atoms with van der Waals surface area (Å²) >= 11 is 0. The Balaban J connectivity index is 0.00000312. The third-order valence-electron chi connectivity index (χ3n) is 5.77. The Morgan fingerprint density at radius 1 is 1.08 bits per heavy atom. The lowest BCUT2D eigenvalue weighted by atomic mass is 10.0. The van der Waals surface area contributed by atoms with Crippen LogP contribution in [-0.2, 0) is 0 Å². The van der Waals surface area contributed by atoms with Gasteiger partial charge in [0.2, 0.25) is 0 Å². The third-order valence-corrected chi connectivity index (χ3v) is 5.77. The Bertz CT molecular complexity index is 407. The van der Waals surface area contributed by atoms with Crippen LogP contribution < -0.4 is 10.6 Å². The smallest absolute Gasteiger partial charge is 0.191 e. The quantitative estimate of drug-likeness (QED) is 0.360. The maximum Gasteiger partial charge on any atom is 0.191 e.